The van der Waals surface area contributed by atoms with Gasteiger partial charge in [-0.15, -0.1) is 0 Å². The number of carbonyl (C=O) groups is 1. The molecule has 0 fully saturated rings. The van der Waals surface area contributed by atoms with E-state index in [0.29, 0.717) is 12.1 Å². The molecule has 1 aromatic heterocycles. The molecule has 0 radical (unpaired) electrons. The van der Waals surface area contributed by atoms with Crippen molar-refractivity contribution in [3.8, 4) is 22.4 Å². The Hall–Kier alpha value is -4.24. The SMILES string of the molecule is Cc1ccc(CNC(=O)c2ccc3nc(-c4ccc(C)cc4)c(-c4ccc(C)cc4)cc3c2)cc1. The van der Waals surface area contributed by atoms with Gasteiger partial charge in [-0.05, 0) is 56.2 Å². The normalized spacial score (nSPS) is 10.9. The van der Waals surface area contributed by atoms with Crippen LogP contribution in [-0.2, 0) is 6.54 Å². The van der Waals surface area contributed by atoms with Crippen molar-refractivity contribution in [2.24, 2.45) is 0 Å². The number of nitrogens with one attached hydrogen (secondary N) is 1. The lowest BCUT2D eigenvalue weighted by Gasteiger charge is -2.13. The van der Waals surface area contributed by atoms with Gasteiger partial charge in [0.05, 0.1) is 11.2 Å². The molecule has 0 aliphatic rings. The predicted octanol–water partition coefficient (Wildman–Crippen LogP) is 7.42. The van der Waals surface area contributed by atoms with Gasteiger partial charge >= 0.3 is 0 Å². The third-order valence-corrected chi connectivity index (χ3v) is 6.34. The lowest BCUT2D eigenvalue weighted by atomic mass is 9.96. The molecule has 5 rings (SSSR count). The van der Waals surface area contributed by atoms with Crippen molar-refractivity contribution in [3.63, 3.8) is 0 Å². The number of hydrogen-bond acceptors (Lipinski definition) is 2. The third kappa shape index (κ3) is 4.99. The highest BCUT2D eigenvalue weighted by molar-refractivity contribution is 5.99. The second-order valence-corrected chi connectivity index (χ2v) is 9.19. The van der Waals surface area contributed by atoms with E-state index in [1.54, 1.807) is 0 Å². The summed E-state index contributed by atoms with van der Waals surface area (Å²) in [6, 6.07) is 33.0. The van der Waals surface area contributed by atoms with E-state index in [2.05, 4.69) is 92.8 Å². The second kappa shape index (κ2) is 9.55. The van der Waals surface area contributed by atoms with Gasteiger partial charge in [0, 0.05) is 28.6 Å². The fraction of sp³-hybridized carbons (Fsp3) is 0.125. The molecular weight excluding hydrogens is 428 g/mol. The minimum Gasteiger partial charge on any atom is -0.348 e. The summed E-state index contributed by atoms with van der Waals surface area (Å²) in [6.07, 6.45) is 0. The molecule has 0 aliphatic heterocycles. The highest BCUT2D eigenvalue weighted by Gasteiger charge is 2.14. The molecule has 172 valence electrons. The Morgan fingerprint density at radius 3 is 1.89 bits per heavy atom. The number of aryl methyl sites for hydroxylation is 3. The summed E-state index contributed by atoms with van der Waals surface area (Å²) >= 11 is 0. The zero-order chi connectivity index (χ0) is 24.4. The molecule has 0 spiro atoms. The van der Waals surface area contributed by atoms with Gasteiger partial charge in [0.2, 0.25) is 0 Å². The smallest absolute Gasteiger partial charge is 0.251 e. The summed E-state index contributed by atoms with van der Waals surface area (Å²) in [6.45, 7) is 6.73. The van der Waals surface area contributed by atoms with E-state index in [1.165, 1.54) is 16.7 Å². The lowest BCUT2D eigenvalue weighted by Crippen LogP contribution is -2.22. The minimum atomic E-state index is -0.0908. The number of pyridine rings is 1. The number of nitrogens with zero attached hydrogens (tertiary/aromatic N) is 1. The Balaban J connectivity index is 1.52. The van der Waals surface area contributed by atoms with Gasteiger partial charge in [0.1, 0.15) is 0 Å². The first kappa shape index (κ1) is 22.5. The molecule has 0 bridgehead atoms. The number of benzene rings is 4. The molecule has 4 aromatic carbocycles. The number of carbonyl (C=O) groups excluding carboxylic acids is 1. The highest BCUT2D eigenvalue weighted by Crippen LogP contribution is 2.34. The summed E-state index contributed by atoms with van der Waals surface area (Å²) in [4.78, 5) is 18.0. The van der Waals surface area contributed by atoms with E-state index in [1.807, 2.05) is 30.3 Å². The van der Waals surface area contributed by atoms with Crippen LogP contribution in [0.4, 0.5) is 0 Å². The van der Waals surface area contributed by atoms with Crippen molar-refractivity contribution < 1.29 is 4.79 Å². The van der Waals surface area contributed by atoms with Gasteiger partial charge in [-0.25, -0.2) is 4.98 Å². The topological polar surface area (TPSA) is 42.0 Å². The van der Waals surface area contributed by atoms with E-state index >= 15 is 0 Å². The average Bonchev–Trinajstić information content (AvgIpc) is 2.88. The molecule has 3 heteroatoms. The number of hydrogen-bond donors (Lipinski definition) is 1. The second-order valence-electron chi connectivity index (χ2n) is 9.19. The first-order valence-electron chi connectivity index (χ1n) is 11.9. The van der Waals surface area contributed by atoms with Gasteiger partial charge in [-0.2, -0.15) is 0 Å². The van der Waals surface area contributed by atoms with E-state index in [9.17, 15) is 4.79 Å². The summed E-state index contributed by atoms with van der Waals surface area (Å²) in [5.41, 5.74) is 10.4. The number of fused-ring (bicyclic) bond motifs is 1. The van der Waals surface area contributed by atoms with Crippen LogP contribution in [0.1, 0.15) is 32.6 Å². The van der Waals surface area contributed by atoms with E-state index < -0.39 is 0 Å². The molecule has 0 atom stereocenters. The zero-order valence-corrected chi connectivity index (χ0v) is 20.3. The van der Waals surface area contributed by atoms with Crippen LogP contribution >= 0.6 is 0 Å². The summed E-state index contributed by atoms with van der Waals surface area (Å²) in [5, 5.41) is 3.98. The van der Waals surface area contributed by atoms with Crippen LogP contribution in [0.15, 0.2) is 97.1 Å². The maximum absolute atomic E-state index is 12.9. The van der Waals surface area contributed by atoms with Crippen molar-refractivity contribution in [2.75, 3.05) is 0 Å². The highest BCUT2D eigenvalue weighted by atomic mass is 16.1. The maximum atomic E-state index is 12.9. The molecular formula is C32H28N2O. The third-order valence-electron chi connectivity index (χ3n) is 6.34. The molecule has 1 N–H and O–H groups in total. The Kier molecular flexibility index (Phi) is 6.15. The standard InChI is InChI=1S/C32H28N2O/c1-21-4-10-24(11-5-21)20-33-32(35)27-16-17-30-28(18-27)19-29(25-12-6-22(2)7-13-25)31(34-30)26-14-8-23(3)9-15-26/h4-19H,20H2,1-3H3,(H,33,35). The van der Waals surface area contributed by atoms with E-state index in [0.717, 1.165) is 38.9 Å². The van der Waals surface area contributed by atoms with Crippen LogP contribution in [0.2, 0.25) is 0 Å². The lowest BCUT2D eigenvalue weighted by molar-refractivity contribution is 0.0951. The van der Waals surface area contributed by atoms with Crippen molar-refractivity contribution in [2.45, 2.75) is 27.3 Å². The Labute approximate surface area is 206 Å². The molecule has 0 saturated heterocycles. The van der Waals surface area contributed by atoms with E-state index in [4.69, 9.17) is 4.98 Å². The number of amides is 1. The molecule has 1 heterocycles. The monoisotopic (exact) mass is 456 g/mol. The fourth-order valence-corrected chi connectivity index (χ4v) is 4.19. The minimum absolute atomic E-state index is 0.0908. The summed E-state index contributed by atoms with van der Waals surface area (Å²) in [7, 11) is 0. The predicted molar refractivity (Wildman–Crippen MR) is 144 cm³/mol. The molecule has 0 saturated carbocycles. The number of aromatic nitrogens is 1. The van der Waals surface area contributed by atoms with Gasteiger partial charge in [-0.1, -0.05) is 89.5 Å². The average molecular weight is 457 g/mol. The quantitative estimate of drug-likeness (QED) is 0.299. The molecule has 3 nitrogen and oxygen atoms in total. The molecule has 5 aromatic rings. The van der Waals surface area contributed by atoms with Crippen molar-refractivity contribution in [3.05, 3.63) is 125 Å². The van der Waals surface area contributed by atoms with Gasteiger partial charge < -0.3 is 5.32 Å². The Morgan fingerprint density at radius 2 is 1.26 bits per heavy atom. The van der Waals surface area contributed by atoms with Crippen LogP contribution in [0.25, 0.3) is 33.3 Å². The van der Waals surface area contributed by atoms with Gasteiger partial charge in [-0.3, -0.25) is 4.79 Å². The number of rotatable bonds is 5. The largest absolute Gasteiger partial charge is 0.348 e. The van der Waals surface area contributed by atoms with Crippen molar-refractivity contribution in [1.82, 2.24) is 10.3 Å². The van der Waals surface area contributed by atoms with Gasteiger partial charge in [0.25, 0.3) is 5.91 Å². The van der Waals surface area contributed by atoms with Crippen LogP contribution in [-0.4, -0.2) is 10.9 Å². The first-order valence-corrected chi connectivity index (χ1v) is 11.9. The Morgan fingerprint density at radius 1 is 0.686 bits per heavy atom. The molecule has 1 amide bonds. The zero-order valence-electron chi connectivity index (χ0n) is 20.3. The Bertz CT molecular complexity index is 1500. The van der Waals surface area contributed by atoms with Crippen LogP contribution in [0.5, 0.6) is 0 Å². The van der Waals surface area contributed by atoms with Crippen molar-refractivity contribution >= 4 is 16.8 Å². The summed E-state index contributed by atoms with van der Waals surface area (Å²) in [5.74, 6) is -0.0908. The molecule has 35 heavy (non-hydrogen) atoms. The maximum Gasteiger partial charge on any atom is 0.251 e. The first-order chi connectivity index (χ1) is 17.0. The molecule has 0 aliphatic carbocycles. The van der Waals surface area contributed by atoms with E-state index in [-0.39, 0.29) is 5.91 Å². The van der Waals surface area contributed by atoms with Crippen LogP contribution in [0.3, 0.4) is 0 Å². The fourth-order valence-electron chi connectivity index (χ4n) is 4.19. The van der Waals surface area contributed by atoms with Gasteiger partial charge in [0.15, 0.2) is 0 Å². The summed E-state index contributed by atoms with van der Waals surface area (Å²) < 4.78 is 0. The van der Waals surface area contributed by atoms with Crippen LogP contribution in [0, 0.1) is 20.8 Å². The molecule has 0 unspecified atom stereocenters. The van der Waals surface area contributed by atoms with Crippen molar-refractivity contribution in [1.29, 1.82) is 0 Å². The van der Waals surface area contributed by atoms with Crippen LogP contribution < -0.4 is 5.32 Å².